The third-order valence-electron chi connectivity index (χ3n) is 1.98. The van der Waals surface area contributed by atoms with Crippen LogP contribution in [0.2, 0.25) is 0 Å². The fourth-order valence-electron chi connectivity index (χ4n) is 1.22. The molecule has 3 nitrogen and oxygen atoms in total. The largest absolute Gasteiger partial charge is 0.319 e. The molecule has 0 aliphatic rings. The summed E-state index contributed by atoms with van der Waals surface area (Å²) in [5.74, 6) is 0.0439. The average Bonchev–Trinajstić information content (AvgIpc) is 2.16. The molecule has 1 aromatic rings. The van der Waals surface area contributed by atoms with E-state index in [9.17, 15) is 4.79 Å². The third-order valence-corrected chi connectivity index (χ3v) is 2.16. The summed E-state index contributed by atoms with van der Waals surface area (Å²) in [4.78, 5) is 18.4. The van der Waals surface area contributed by atoms with E-state index in [2.05, 4.69) is 23.1 Å². The second-order valence-corrected chi connectivity index (χ2v) is 3.93. The number of aromatic amines is 1. The van der Waals surface area contributed by atoms with Crippen molar-refractivity contribution in [1.29, 1.82) is 0 Å². The molecular formula is C11H13ClN2O. The summed E-state index contributed by atoms with van der Waals surface area (Å²) in [6, 6.07) is 0. The summed E-state index contributed by atoms with van der Waals surface area (Å²) in [7, 11) is 0. The monoisotopic (exact) mass is 224 g/mol. The van der Waals surface area contributed by atoms with Crippen molar-refractivity contribution in [3.63, 3.8) is 0 Å². The molecule has 0 spiro atoms. The number of aromatic nitrogens is 2. The van der Waals surface area contributed by atoms with Crippen molar-refractivity contribution in [3.8, 4) is 0 Å². The second kappa shape index (κ2) is 4.45. The van der Waals surface area contributed by atoms with Gasteiger partial charge < -0.3 is 4.98 Å². The molecule has 0 bridgehead atoms. The number of hydrogen-bond donors (Lipinski definition) is 1. The van der Waals surface area contributed by atoms with Crippen LogP contribution in [0.25, 0.3) is 11.1 Å². The van der Waals surface area contributed by atoms with Gasteiger partial charge in [0.05, 0.1) is 10.7 Å². The maximum atomic E-state index is 11.6. The topological polar surface area (TPSA) is 45.8 Å². The Labute approximate surface area is 93.5 Å². The summed E-state index contributed by atoms with van der Waals surface area (Å²) in [6.07, 6.45) is 1.50. The summed E-state index contributed by atoms with van der Waals surface area (Å²) in [5, 5.41) is 0.294. The highest BCUT2D eigenvalue weighted by molar-refractivity contribution is 6.48. The maximum Gasteiger partial charge on any atom is 0.270 e. The Balaban J connectivity index is 3.50. The van der Waals surface area contributed by atoms with E-state index >= 15 is 0 Å². The lowest BCUT2D eigenvalue weighted by atomic mass is 10.1. The molecule has 80 valence electrons. The van der Waals surface area contributed by atoms with Crippen molar-refractivity contribution in [2.45, 2.75) is 19.8 Å². The Bertz CT molecular complexity index is 460. The average molecular weight is 225 g/mol. The predicted molar refractivity (Wildman–Crippen MR) is 63.9 cm³/mol. The molecule has 0 atom stereocenters. The Morgan fingerprint density at radius 1 is 1.60 bits per heavy atom. The third kappa shape index (κ3) is 2.36. The Hall–Kier alpha value is -1.35. The first kappa shape index (κ1) is 11.7. The van der Waals surface area contributed by atoms with Crippen molar-refractivity contribution < 1.29 is 0 Å². The number of rotatable bonds is 3. The summed E-state index contributed by atoms with van der Waals surface area (Å²) in [5.41, 5.74) is 1.23. The van der Waals surface area contributed by atoms with Gasteiger partial charge in [0.1, 0.15) is 11.4 Å². The highest BCUT2D eigenvalue weighted by Crippen LogP contribution is 2.19. The molecule has 0 saturated heterocycles. The summed E-state index contributed by atoms with van der Waals surface area (Å²) >= 11 is 5.79. The highest BCUT2D eigenvalue weighted by atomic mass is 35.5. The van der Waals surface area contributed by atoms with Crippen molar-refractivity contribution in [3.05, 3.63) is 40.6 Å². The molecule has 1 N–H and O–H groups in total. The van der Waals surface area contributed by atoms with Gasteiger partial charge in [0.25, 0.3) is 5.56 Å². The lowest BCUT2D eigenvalue weighted by Gasteiger charge is -2.08. The first-order valence-electron chi connectivity index (χ1n) is 4.58. The quantitative estimate of drug-likeness (QED) is 0.858. The van der Waals surface area contributed by atoms with Crippen LogP contribution in [-0.2, 0) is 0 Å². The molecule has 1 rings (SSSR count). The molecule has 0 aliphatic carbocycles. The second-order valence-electron chi connectivity index (χ2n) is 3.48. The van der Waals surface area contributed by atoms with Crippen LogP contribution in [0.15, 0.2) is 18.0 Å². The van der Waals surface area contributed by atoms with E-state index < -0.39 is 0 Å². The van der Waals surface area contributed by atoms with Gasteiger partial charge in [-0.25, -0.2) is 4.98 Å². The Kier molecular flexibility index (Phi) is 3.48. The molecule has 0 radical (unpaired) electrons. The number of nitrogens with zero attached hydrogens (tertiary/aromatic N) is 1. The van der Waals surface area contributed by atoms with Gasteiger partial charge in [-0.15, -0.1) is 0 Å². The van der Waals surface area contributed by atoms with Crippen LogP contribution in [0.3, 0.4) is 0 Å². The van der Waals surface area contributed by atoms with E-state index in [1.807, 2.05) is 13.8 Å². The predicted octanol–water partition coefficient (Wildman–Crippen LogP) is 2.75. The van der Waals surface area contributed by atoms with Gasteiger partial charge in [-0.05, 0) is 6.08 Å². The van der Waals surface area contributed by atoms with E-state index in [0.29, 0.717) is 22.1 Å². The van der Waals surface area contributed by atoms with Crippen LogP contribution in [0.1, 0.15) is 36.8 Å². The minimum Gasteiger partial charge on any atom is -0.319 e. The van der Waals surface area contributed by atoms with E-state index in [0.717, 1.165) is 0 Å². The molecule has 0 amide bonds. The van der Waals surface area contributed by atoms with Crippen LogP contribution < -0.4 is 5.56 Å². The van der Waals surface area contributed by atoms with Gasteiger partial charge in [0.2, 0.25) is 0 Å². The van der Waals surface area contributed by atoms with Crippen LogP contribution in [0, 0.1) is 0 Å². The molecule has 0 unspecified atom stereocenters. The normalized spacial score (nSPS) is 10.4. The molecule has 0 aromatic carbocycles. The van der Waals surface area contributed by atoms with Crippen LogP contribution >= 0.6 is 11.6 Å². The van der Waals surface area contributed by atoms with Gasteiger partial charge in [-0.1, -0.05) is 38.6 Å². The van der Waals surface area contributed by atoms with Crippen molar-refractivity contribution in [1.82, 2.24) is 9.97 Å². The lowest BCUT2D eigenvalue weighted by Crippen LogP contribution is -2.19. The Morgan fingerprint density at radius 3 is 2.60 bits per heavy atom. The number of halogens is 1. The van der Waals surface area contributed by atoms with Crippen molar-refractivity contribution in [2.24, 2.45) is 0 Å². The maximum absolute atomic E-state index is 11.6. The zero-order valence-corrected chi connectivity index (χ0v) is 9.56. The number of hydrogen-bond acceptors (Lipinski definition) is 2. The van der Waals surface area contributed by atoms with Crippen LogP contribution in [0.5, 0.6) is 0 Å². The zero-order valence-electron chi connectivity index (χ0n) is 8.80. The molecule has 0 fully saturated rings. The minimum atomic E-state index is -0.207. The summed E-state index contributed by atoms with van der Waals surface area (Å²) in [6.45, 7) is 11.0. The smallest absolute Gasteiger partial charge is 0.270 e. The van der Waals surface area contributed by atoms with Crippen molar-refractivity contribution >= 4 is 22.7 Å². The van der Waals surface area contributed by atoms with Crippen LogP contribution in [0.4, 0.5) is 0 Å². The Morgan fingerprint density at radius 2 is 2.20 bits per heavy atom. The first-order chi connectivity index (χ1) is 6.97. The number of nitrogens with one attached hydrogen (secondary N) is 1. The minimum absolute atomic E-state index is 0.0439. The van der Waals surface area contributed by atoms with Crippen molar-refractivity contribution in [2.75, 3.05) is 0 Å². The molecule has 1 aromatic heterocycles. The SMILES string of the molecule is C=Cc1[nH]c(=O)c(C(C)C)nc1C(=C)Cl. The van der Waals surface area contributed by atoms with Gasteiger partial charge >= 0.3 is 0 Å². The standard InChI is InChI=1S/C11H13ClN2O/c1-5-8-10(7(4)12)14-9(6(2)3)11(15)13-8/h5-6H,1,4H2,2-3H3,(H,13,15). The van der Waals surface area contributed by atoms with Gasteiger partial charge in [-0.3, -0.25) is 4.79 Å². The van der Waals surface area contributed by atoms with Gasteiger partial charge in [0, 0.05) is 5.92 Å². The lowest BCUT2D eigenvalue weighted by molar-refractivity contribution is 0.791. The van der Waals surface area contributed by atoms with Gasteiger partial charge in [0.15, 0.2) is 0 Å². The van der Waals surface area contributed by atoms with Crippen LogP contribution in [-0.4, -0.2) is 9.97 Å². The van der Waals surface area contributed by atoms with Gasteiger partial charge in [-0.2, -0.15) is 0 Å². The molecular weight excluding hydrogens is 212 g/mol. The van der Waals surface area contributed by atoms with E-state index in [4.69, 9.17) is 11.6 Å². The fourth-order valence-corrected chi connectivity index (χ4v) is 1.37. The number of H-pyrrole nitrogens is 1. The van der Waals surface area contributed by atoms with E-state index in [1.54, 1.807) is 0 Å². The molecule has 0 saturated carbocycles. The molecule has 15 heavy (non-hydrogen) atoms. The molecule has 1 heterocycles. The van der Waals surface area contributed by atoms with E-state index in [-0.39, 0.29) is 11.5 Å². The first-order valence-corrected chi connectivity index (χ1v) is 4.96. The highest BCUT2D eigenvalue weighted by Gasteiger charge is 2.12. The zero-order chi connectivity index (χ0) is 11.6. The molecule has 0 aliphatic heterocycles. The van der Waals surface area contributed by atoms with E-state index in [1.165, 1.54) is 6.08 Å². The summed E-state index contributed by atoms with van der Waals surface area (Å²) < 4.78 is 0. The molecule has 4 heteroatoms. The fraction of sp³-hybridized carbons (Fsp3) is 0.273.